The van der Waals surface area contributed by atoms with E-state index in [1.54, 1.807) is 26.4 Å². The molecular formula is C15H17BrClN3O3. The van der Waals surface area contributed by atoms with Gasteiger partial charge in [0.05, 0.1) is 30.6 Å². The van der Waals surface area contributed by atoms with Crippen molar-refractivity contribution >= 4 is 33.2 Å². The maximum Gasteiger partial charge on any atom is 0.282 e. The standard InChI is InChI=1S/C15H17BrClN3O3/c1-4-23-14-10(17)5-9(6-12(14)22-3)7-18-11-8-19-20(2)15(21)13(11)16/h5-6,8,18H,4,7H2,1-3H3. The van der Waals surface area contributed by atoms with Gasteiger partial charge in [-0.15, -0.1) is 0 Å². The summed E-state index contributed by atoms with van der Waals surface area (Å²) in [6.45, 7) is 2.83. The van der Waals surface area contributed by atoms with Crippen molar-refractivity contribution in [3.8, 4) is 11.5 Å². The van der Waals surface area contributed by atoms with E-state index in [4.69, 9.17) is 21.1 Å². The van der Waals surface area contributed by atoms with Gasteiger partial charge < -0.3 is 14.8 Å². The Morgan fingerprint density at radius 3 is 2.83 bits per heavy atom. The molecule has 2 aromatic rings. The summed E-state index contributed by atoms with van der Waals surface area (Å²) in [5, 5.41) is 7.61. The molecule has 23 heavy (non-hydrogen) atoms. The quantitative estimate of drug-likeness (QED) is 0.804. The van der Waals surface area contributed by atoms with E-state index in [-0.39, 0.29) is 5.56 Å². The Balaban J connectivity index is 2.23. The van der Waals surface area contributed by atoms with E-state index in [1.807, 2.05) is 13.0 Å². The van der Waals surface area contributed by atoms with E-state index < -0.39 is 0 Å². The van der Waals surface area contributed by atoms with Crippen molar-refractivity contribution in [3.63, 3.8) is 0 Å². The Bertz CT molecular complexity index is 764. The molecule has 1 aromatic carbocycles. The molecule has 1 N–H and O–H groups in total. The van der Waals surface area contributed by atoms with E-state index in [0.717, 1.165) is 5.56 Å². The van der Waals surface area contributed by atoms with Crippen LogP contribution in [0.4, 0.5) is 5.69 Å². The van der Waals surface area contributed by atoms with Gasteiger partial charge in [-0.3, -0.25) is 4.79 Å². The molecule has 0 unspecified atom stereocenters. The molecule has 6 nitrogen and oxygen atoms in total. The molecule has 0 aliphatic rings. The van der Waals surface area contributed by atoms with Gasteiger partial charge in [0.1, 0.15) is 4.47 Å². The van der Waals surface area contributed by atoms with E-state index in [2.05, 4.69) is 26.3 Å². The third kappa shape index (κ3) is 3.97. The summed E-state index contributed by atoms with van der Waals surface area (Å²) in [6, 6.07) is 3.64. The molecule has 0 atom stereocenters. The number of halogens is 2. The first-order chi connectivity index (χ1) is 11.0. The van der Waals surface area contributed by atoms with Crippen molar-refractivity contribution in [2.45, 2.75) is 13.5 Å². The van der Waals surface area contributed by atoms with Crippen LogP contribution in [-0.4, -0.2) is 23.5 Å². The zero-order valence-corrected chi connectivity index (χ0v) is 15.4. The van der Waals surface area contributed by atoms with Crippen LogP contribution in [0.15, 0.2) is 27.6 Å². The smallest absolute Gasteiger partial charge is 0.282 e. The van der Waals surface area contributed by atoms with Crippen LogP contribution in [0, 0.1) is 0 Å². The van der Waals surface area contributed by atoms with Gasteiger partial charge in [0.2, 0.25) is 0 Å². The number of nitrogens with zero attached hydrogens (tertiary/aromatic N) is 2. The van der Waals surface area contributed by atoms with Crippen molar-refractivity contribution in [2.24, 2.45) is 7.05 Å². The largest absolute Gasteiger partial charge is 0.493 e. The van der Waals surface area contributed by atoms with Crippen LogP contribution in [0.1, 0.15) is 12.5 Å². The molecule has 0 fully saturated rings. The van der Waals surface area contributed by atoms with Gasteiger partial charge in [-0.25, -0.2) is 4.68 Å². The molecule has 8 heteroatoms. The van der Waals surface area contributed by atoms with Crippen molar-refractivity contribution in [1.82, 2.24) is 9.78 Å². The highest BCUT2D eigenvalue weighted by molar-refractivity contribution is 9.10. The number of ether oxygens (including phenoxy) is 2. The molecule has 0 amide bonds. The van der Waals surface area contributed by atoms with Crippen LogP contribution in [-0.2, 0) is 13.6 Å². The van der Waals surface area contributed by atoms with Gasteiger partial charge in [0, 0.05) is 13.6 Å². The van der Waals surface area contributed by atoms with Crippen LogP contribution < -0.4 is 20.3 Å². The fraction of sp³-hybridized carbons (Fsp3) is 0.333. The van der Waals surface area contributed by atoms with Crippen LogP contribution in [0.5, 0.6) is 11.5 Å². The minimum atomic E-state index is -0.211. The number of rotatable bonds is 6. The van der Waals surface area contributed by atoms with E-state index in [9.17, 15) is 4.79 Å². The van der Waals surface area contributed by atoms with E-state index in [0.29, 0.717) is 39.8 Å². The van der Waals surface area contributed by atoms with E-state index in [1.165, 1.54) is 4.68 Å². The fourth-order valence-corrected chi connectivity index (χ4v) is 2.78. The van der Waals surface area contributed by atoms with Crippen molar-refractivity contribution in [2.75, 3.05) is 19.0 Å². The summed E-state index contributed by atoms with van der Waals surface area (Å²) in [5.74, 6) is 1.09. The summed E-state index contributed by atoms with van der Waals surface area (Å²) in [6.07, 6.45) is 1.58. The molecule has 1 aromatic heterocycles. The minimum absolute atomic E-state index is 0.211. The molecular weight excluding hydrogens is 386 g/mol. The molecule has 0 spiro atoms. The number of methoxy groups -OCH3 is 1. The lowest BCUT2D eigenvalue weighted by Crippen LogP contribution is -2.21. The summed E-state index contributed by atoms with van der Waals surface area (Å²) in [4.78, 5) is 11.8. The van der Waals surface area contributed by atoms with Crippen LogP contribution in [0.25, 0.3) is 0 Å². The Hall–Kier alpha value is -1.73. The topological polar surface area (TPSA) is 65.4 Å². The number of aromatic nitrogens is 2. The third-order valence-electron chi connectivity index (χ3n) is 3.14. The van der Waals surface area contributed by atoms with Crippen LogP contribution >= 0.6 is 27.5 Å². The van der Waals surface area contributed by atoms with Gasteiger partial charge in [0.25, 0.3) is 5.56 Å². The highest BCUT2D eigenvalue weighted by atomic mass is 79.9. The molecule has 1 heterocycles. The Morgan fingerprint density at radius 1 is 1.43 bits per heavy atom. The maximum atomic E-state index is 11.8. The van der Waals surface area contributed by atoms with Gasteiger partial charge >= 0.3 is 0 Å². The van der Waals surface area contributed by atoms with Crippen molar-refractivity contribution in [1.29, 1.82) is 0 Å². The number of aryl methyl sites for hydroxylation is 1. The van der Waals surface area contributed by atoms with Crippen molar-refractivity contribution < 1.29 is 9.47 Å². The third-order valence-corrected chi connectivity index (χ3v) is 4.19. The van der Waals surface area contributed by atoms with Gasteiger partial charge in [-0.2, -0.15) is 5.10 Å². The zero-order chi connectivity index (χ0) is 17.0. The second-order valence-electron chi connectivity index (χ2n) is 4.70. The predicted molar refractivity (Wildman–Crippen MR) is 93.7 cm³/mol. The number of hydrogen-bond acceptors (Lipinski definition) is 5. The second-order valence-corrected chi connectivity index (χ2v) is 5.90. The first-order valence-electron chi connectivity index (χ1n) is 6.92. The first kappa shape index (κ1) is 17.6. The lowest BCUT2D eigenvalue weighted by molar-refractivity contribution is 0.311. The highest BCUT2D eigenvalue weighted by Gasteiger charge is 2.12. The molecule has 0 aliphatic carbocycles. The second kappa shape index (κ2) is 7.70. The minimum Gasteiger partial charge on any atom is -0.493 e. The fourth-order valence-electron chi connectivity index (χ4n) is 1.99. The summed E-state index contributed by atoms with van der Waals surface area (Å²) in [5.41, 5.74) is 1.29. The Morgan fingerprint density at radius 2 is 2.17 bits per heavy atom. The number of nitrogens with one attached hydrogen (secondary N) is 1. The van der Waals surface area contributed by atoms with Crippen molar-refractivity contribution in [3.05, 3.63) is 43.7 Å². The van der Waals surface area contributed by atoms with Gasteiger partial charge in [0.15, 0.2) is 11.5 Å². The number of hydrogen-bond donors (Lipinski definition) is 1. The number of benzene rings is 1. The average molecular weight is 403 g/mol. The lowest BCUT2D eigenvalue weighted by atomic mass is 10.2. The van der Waals surface area contributed by atoms with Crippen LogP contribution in [0.2, 0.25) is 5.02 Å². The molecule has 0 bridgehead atoms. The molecule has 0 saturated carbocycles. The lowest BCUT2D eigenvalue weighted by Gasteiger charge is -2.14. The molecule has 124 valence electrons. The molecule has 0 radical (unpaired) electrons. The number of anilines is 1. The summed E-state index contributed by atoms with van der Waals surface area (Å²) in [7, 11) is 3.15. The SMILES string of the molecule is CCOc1c(Cl)cc(CNc2cnn(C)c(=O)c2Br)cc1OC. The summed E-state index contributed by atoms with van der Waals surface area (Å²) < 4.78 is 12.5. The van der Waals surface area contributed by atoms with E-state index >= 15 is 0 Å². The summed E-state index contributed by atoms with van der Waals surface area (Å²) >= 11 is 9.52. The van der Waals surface area contributed by atoms with Gasteiger partial charge in [-0.05, 0) is 40.5 Å². The predicted octanol–water partition coefficient (Wildman–Crippen LogP) is 3.22. The Kier molecular flexibility index (Phi) is 5.90. The van der Waals surface area contributed by atoms with Gasteiger partial charge in [-0.1, -0.05) is 11.6 Å². The first-order valence-corrected chi connectivity index (χ1v) is 8.09. The monoisotopic (exact) mass is 401 g/mol. The molecule has 0 saturated heterocycles. The average Bonchev–Trinajstić information content (AvgIpc) is 2.54. The molecule has 0 aliphatic heterocycles. The molecule has 2 rings (SSSR count). The van der Waals surface area contributed by atoms with Crippen LogP contribution in [0.3, 0.4) is 0 Å². The maximum absolute atomic E-state index is 11.8. The zero-order valence-electron chi connectivity index (χ0n) is 13.0. The normalized spacial score (nSPS) is 10.5. The Labute approximate surface area is 147 Å². The highest BCUT2D eigenvalue weighted by Crippen LogP contribution is 2.36.